The highest BCUT2D eigenvalue weighted by Gasteiger charge is 2.21. The fourth-order valence-electron chi connectivity index (χ4n) is 3.66. The van der Waals surface area contributed by atoms with E-state index in [1.165, 1.54) is 12.1 Å². The second-order valence-corrected chi connectivity index (χ2v) is 7.27. The Kier molecular flexibility index (Phi) is 7.70. The molecule has 1 amide bonds. The lowest BCUT2D eigenvalue weighted by molar-refractivity contribution is -0.131. The lowest BCUT2D eigenvalue weighted by atomic mass is 9.93. The molecule has 5 nitrogen and oxygen atoms in total. The number of nitrogens with zero attached hydrogens (tertiary/aromatic N) is 1. The molecule has 3 rings (SSSR count). The summed E-state index contributed by atoms with van der Waals surface area (Å²) in [5, 5.41) is 0. The van der Waals surface area contributed by atoms with E-state index >= 15 is 0 Å². The normalized spacial score (nSPS) is 11.7. The maximum atomic E-state index is 13.4. The van der Waals surface area contributed by atoms with Gasteiger partial charge in [0.2, 0.25) is 5.91 Å². The Morgan fingerprint density at radius 1 is 1.06 bits per heavy atom. The van der Waals surface area contributed by atoms with Gasteiger partial charge >= 0.3 is 0 Å². The molecule has 0 saturated carbocycles. The minimum Gasteiger partial charge on any atom is -0.493 e. The molecule has 1 atom stereocenters. The van der Waals surface area contributed by atoms with Gasteiger partial charge in [-0.1, -0.05) is 25.1 Å². The summed E-state index contributed by atoms with van der Waals surface area (Å²) in [6, 6.07) is 15.8. The largest absolute Gasteiger partial charge is 0.493 e. The van der Waals surface area contributed by atoms with E-state index in [0.29, 0.717) is 37.4 Å². The highest BCUT2D eigenvalue weighted by Crippen LogP contribution is 2.31. The Morgan fingerprint density at radius 2 is 1.81 bits per heavy atom. The molecule has 1 unspecified atom stereocenters. The van der Waals surface area contributed by atoms with Gasteiger partial charge in [-0.05, 0) is 53.9 Å². The molecular formula is C25H28FNO4. The molecule has 0 spiro atoms. The van der Waals surface area contributed by atoms with E-state index in [4.69, 9.17) is 13.9 Å². The molecule has 0 aliphatic rings. The monoisotopic (exact) mass is 425 g/mol. The van der Waals surface area contributed by atoms with E-state index in [2.05, 4.69) is 0 Å². The highest BCUT2D eigenvalue weighted by atomic mass is 19.1. The van der Waals surface area contributed by atoms with E-state index in [9.17, 15) is 9.18 Å². The molecule has 1 aromatic heterocycles. The summed E-state index contributed by atoms with van der Waals surface area (Å²) in [5.74, 6) is 1.78. The zero-order valence-corrected chi connectivity index (χ0v) is 18.1. The third-order valence-electron chi connectivity index (χ3n) is 5.32. The number of benzene rings is 2. The first-order chi connectivity index (χ1) is 15.0. The Labute approximate surface area is 182 Å². The van der Waals surface area contributed by atoms with Gasteiger partial charge in [0, 0.05) is 25.4 Å². The summed E-state index contributed by atoms with van der Waals surface area (Å²) in [6.45, 7) is 2.85. The van der Waals surface area contributed by atoms with Gasteiger partial charge in [0.05, 0.1) is 20.5 Å². The van der Waals surface area contributed by atoms with Crippen molar-refractivity contribution in [3.8, 4) is 11.5 Å². The minimum atomic E-state index is -0.279. The standard InChI is InChI=1S/C25H28FNO4/c1-4-25(28)27(17-18-7-12-23(29-2)24(16-18)30-3)14-13-21(22-6-5-15-31-22)19-8-10-20(26)11-9-19/h5-12,15-16,21H,4,13-14,17H2,1-3H3. The molecule has 0 radical (unpaired) electrons. The fourth-order valence-corrected chi connectivity index (χ4v) is 3.66. The number of carbonyl (C=O) groups excluding carboxylic acids is 1. The van der Waals surface area contributed by atoms with Crippen molar-refractivity contribution in [1.82, 2.24) is 4.90 Å². The van der Waals surface area contributed by atoms with Crippen LogP contribution in [0.3, 0.4) is 0 Å². The van der Waals surface area contributed by atoms with Crippen LogP contribution in [0.15, 0.2) is 65.3 Å². The molecule has 0 fully saturated rings. The van der Waals surface area contributed by atoms with E-state index in [-0.39, 0.29) is 17.6 Å². The Balaban J connectivity index is 1.79. The number of rotatable bonds is 10. The SMILES string of the molecule is CCC(=O)N(CCC(c1ccc(F)cc1)c1ccco1)Cc1ccc(OC)c(OC)c1. The summed E-state index contributed by atoms with van der Waals surface area (Å²) in [5.41, 5.74) is 1.90. The van der Waals surface area contributed by atoms with Crippen LogP contribution in [0.1, 0.15) is 42.6 Å². The third kappa shape index (κ3) is 5.66. The first-order valence-corrected chi connectivity index (χ1v) is 10.3. The molecule has 3 aromatic rings. The number of hydrogen-bond acceptors (Lipinski definition) is 4. The van der Waals surface area contributed by atoms with Crippen molar-refractivity contribution >= 4 is 5.91 Å². The molecule has 0 aliphatic heterocycles. The van der Waals surface area contributed by atoms with Crippen molar-refractivity contribution in [2.24, 2.45) is 0 Å². The second-order valence-electron chi connectivity index (χ2n) is 7.27. The molecule has 0 aliphatic carbocycles. The lowest BCUT2D eigenvalue weighted by Gasteiger charge is -2.25. The fraction of sp³-hybridized carbons (Fsp3) is 0.320. The average Bonchev–Trinajstić information content (AvgIpc) is 3.33. The topological polar surface area (TPSA) is 51.9 Å². The molecule has 6 heteroatoms. The Morgan fingerprint density at radius 3 is 2.42 bits per heavy atom. The maximum absolute atomic E-state index is 13.4. The van der Waals surface area contributed by atoms with Crippen LogP contribution in [0.2, 0.25) is 0 Å². The van der Waals surface area contributed by atoms with E-state index in [0.717, 1.165) is 16.9 Å². The Bertz CT molecular complexity index is 970. The molecule has 0 bridgehead atoms. The summed E-state index contributed by atoms with van der Waals surface area (Å²) < 4.78 is 29.8. The molecule has 164 valence electrons. The Hall–Kier alpha value is -3.28. The lowest BCUT2D eigenvalue weighted by Crippen LogP contribution is -2.31. The molecule has 0 saturated heterocycles. The number of amides is 1. The van der Waals surface area contributed by atoms with Crippen LogP contribution in [-0.2, 0) is 11.3 Å². The van der Waals surface area contributed by atoms with Crippen molar-refractivity contribution < 1.29 is 23.1 Å². The number of hydrogen-bond donors (Lipinski definition) is 0. The molecule has 31 heavy (non-hydrogen) atoms. The summed E-state index contributed by atoms with van der Waals surface area (Å²) in [7, 11) is 3.18. The van der Waals surface area contributed by atoms with Crippen LogP contribution in [0.25, 0.3) is 0 Å². The second kappa shape index (κ2) is 10.7. The van der Waals surface area contributed by atoms with Gasteiger partial charge in [-0.15, -0.1) is 0 Å². The molecule has 2 aromatic carbocycles. The van der Waals surface area contributed by atoms with Crippen molar-refractivity contribution in [2.45, 2.75) is 32.2 Å². The summed E-state index contributed by atoms with van der Waals surface area (Å²) in [4.78, 5) is 14.5. The predicted octanol–water partition coefficient (Wildman–Crippen LogP) is 5.40. The summed E-state index contributed by atoms with van der Waals surface area (Å²) in [6.07, 6.45) is 2.69. The van der Waals surface area contributed by atoms with Crippen LogP contribution >= 0.6 is 0 Å². The molecular weight excluding hydrogens is 397 g/mol. The quantitative estimate of drug-likeness (QED) is 0.437. The van der Waals surface area contributed by atoms with E-state index in [1.54, 1.807) is 32.6 Å². The first-order valence-electron chi connectivity index (χ1n) is 10.3. The van der Waals surface area contributed by atoms with Crippen LogP contribution in [-0.4, -0.2) is 31.6 Å². The maximum Gasteiger partial charge on any atom is 0.222 e. The van der Waals surface area contributed by atoms with Gasteiger partial charge in [-0.3, -0.25) is 4.79 Å². The number of halogens is 1. The minimum absolute atomic E-state index is 0.0621. The van der Waals surface area contributed by atoms with Crippen molar-refractivity contribution in [1.29, 1.82) is 0 Å². The van der Waals surface area contributed by atoms with Crippen LogP contribution in [0.4, 0.5) is 4.39 Å². The summed E-state index contributed by atoms with van der Waals surface area (Å²) >= 11 is 0. The molecule has 1 heterocycles. The van der Waals surface area contributed by atoms with E-state index < -0.39 is 0 Å². The van der Waals surface area contributed by atoms with Crippen LogP contribution in [0, 0.1) is 5.82 Å². The van der Waals surface area contributed by atoms with Gasteiger partial charge in [0.1, 0.15) is 11.6 Å². The van der Waals surface area contributed by atoms with Crippen molar-refractivity contribution in [3.05, 3.63) is 83.6 Å². The van der Waals surface area contributed by atoms with Crippen LogP contribution < -0.4 is 9.47 Å². The van der Waals surface area contributed by atoms with Gasteiger partial charge < -0.3 is 18.8 Å². The zero-order valence-electron chi connectivity index (χ0n) is 18.1. The van der Waals surface area contributed by atoms with Gasteiger partial charge in [0.15, 0.2) is 11.5 Å². The zero-order chi connectivity index (χ0) is 22.2. The number of ether oxygens (including phenoxy) is 2. The number of furan rings is 1. The highest BCUT2D eigenvalue weighted by molar-refractivity contribution is 5.75. The van der Waals surface area contributed by atoms with Gasteiger partial charge in [0.25, 0.3) is 0 Å². The van der Waals surface area contributed by atoms with Crippen molar-refractivity contribution in [3.63, 3.8) is 0 Å². The smallest absolute Gasteiger partial charge is 0.222 e. The van der Waals surface area contributed by atoms with Crippen molar-refractivity contribution in [2.75, 3.05) is 20.8 Å². The first kappa shape index (κ1) is 22.4. The third-order valence-corrected chi connectivity index (χ3v) is 5.32. The number of carbonyl (C=O) groups is 1. The van der Waals surface area contributed by atoms with Gasteiger partial charge in [-0.25, -0.2) is 4.39 Å². The predicted molar refractivity (Wildman–Crippen MR) is 117 cm³/mol. The van der Waals surface area contributed by atoms with Crippen LogP contribution in [0.5, 0.6) is 11.5 Å². The van der Waals surface area contributed by atoms with Gasteiger partial charge in [-0.2, -0.15) is 0 Å². The number of methoxy groups -OCH3 is 2. The average molecular weight is 426 g/mol. The molecule has 0 N–H and O–H groups in total. The van der Waals surface area contributed by atoms with E-state index in [1.807, 2.05) is 42.2 Å².